The molecule has 5 heteroatoms. The van der Waals surface area contributed by atoms with Crippen molar-refractivity contribution in [3.63, 3.8) is 0 Å². The molecule has 0 aromatic heterocycles. The normalized spacial score (nSPS) is 16.7. The Morgan fingerprint density at radius 1 is 1.44 bits per heavy atom. The molecule has 0 spiro atoms. The highest BCUT2D eigenvalue weighted by atomic mass is 16.5. The first-order valence-electron chi connectivity index (χ1n) is 6.72. The first-order chi connectivity index (χ1) is 8.61. The summed E-state index contributed by atoms with van der Waals surface area (Å²) >= 11 is 0. The fraction of sp³-hybridized carbons (Fsp3) is 0.846. The van der Waals surface area contributed by atoms with Crippen molar-refractivity contribution in [1.82, 2.24) is 5.32 Å². The second kappa shape index (κ2) is 11.0. The first kappa shape index (κ1) is 16.9. The third-order valence-electron chi connectivity index (χ3n) is 2.78. The molecule has 1 aliphatic rings. The second-order valence-corrected chi connectivity index (χ2v) is 4.43. The summed E-state index contributed by atoms with van der Waals surface area (Å²) in [4.78, 5) is 21.2. The molecule has 1 atom stereocenters. The number of amides is 1. The van der Waals surface area contributed by atoms with E-state index in [1.165, 1.54) is 13.5 Å². The molecule has 5 nitrogen and oxygen atoms in total. The Hall–Kier alpha value is -1.10. The third-order valence-corrected chi connectivity index (χ3v) is 2.78. The number of unbranched alkanes of at least 4 members (excludes halogenated alkanes) is 1. The van der Waals surface area contributed by atoms with Gasteiger partial charge in [-0.2, -0.15) is 0 Å². The zero-order valence-corrected chi connectivity index (χ0v) is 11.5. The number of carbonyl (C=O) groups is 2. The molecule has 3 N–H and O–H groups in total. The van der Waals surface area contributed by atoms with Crippen LogP contribution in [0.4, 0.5) is 0 Å². The zero-order valence-electron chi connectivity index (χ0n) is 11.5. The number of methoxy groups -OCH3 is 1. The van der Waals surface area contributed by atoms with E-state index in [4.69, 9.17) is 5.73 Å². The highest BCUT2D eigenvalue weighted by molar-refractivity contribution is 5.76. The predicted molar refractivity (Wildman–Crippen MR) is 71.0 cm³/mol. The molecule has 1 aliphatic heterocycles. The molecule has 1 amide bonds. The lowest BCUT2D eigenvalue weighted by atomic mass is 10.1. The molecule has 18 heavy (non-hydrogen) atoms. The standard InChI is InChI=1S/C7H15NO2.C6H11NO/c1-3-4-5-6(8)7(9)10-2;8-6-4-2-1-3-5-7-6/h6H,3-5,8H2,1-2H3;1-5H2,(H,7,8). The molecule has 1 rings (SSSR count). The van der Waals surface area contributed by atoms with Crippen molar-refractivity contribution in [3.05, 3.63) is 0 Å². The van der Waals surface area contributed by atoms with Gasteiger partial charge in [0.05, 0.1) is 7.11 Å². The highest BCUT2D eigenvalue weighted by Crippen LogP contribution is 2.02. The van der Waals surface area contributed by atoms with Gasteiger partial charge in [-0.3, -0.25) is 9.59 Å². The number of carbonyl (C=O) groups excluding carboxylic acids is 2. The van der Waals surface area contributed by atoms with Crippen LogP contribution in [0.3, 0.4) is 0 Å². The van der Waals surface area contributed by atoms with Crippen LogP contribution in [0.25, 0.3) is 0 Å². The molecular weight excluding hydrogens is 232 g/mol. The molecule has 0 bridgehead atoms. The maximum Gasteiger partial charge on any atom is 0.322 e. The van der Waals surface area contributed by atoms with Gasteiger partial charge in [-0.15, -0.1) is 0 Å². The van der Waals surface area contributed by atoms with Gasteiger partial charge >= 0.3 is 5.97 Å². The Labute approximate surface area is 109 Å². The predicted octanol–water partition coefficient (Wildman–Crippen LogP) is 1.35. The summed E-state index contributed by atoms with van der Waals surface area (Å²) in [7, 11) is 1.36. The SMILES string of the molecule is CCCCC(N)C(=O)OC.O=C1CCCCCN1. The Balaban J connectivity index is 0.000000327. The van der Waals surface area contributed by atoms with Crippen LogP contribution in [0.15, 0.2) is 0 Å². The zero-order chi connectivity index (χ0) is 13.8. The lowest BCUT2D eigenvalue weighted by molar-refractivity contribution is -0.142. The summed E-state index contributed by atoms with van der Waals surface area (Å²) < 4.78 is 4.45. The molecule has 1 fully saturated rings. The van der Waals surface area contributed by atoms with Crippen LogP contribution in [0.5, 0.6) is 0 Å². The van der Waals surface area contributed by atoms with E-state index in [0.717, 1.165) is 45.1 Å². The average Bonchev–Trinajstić information content (AvgIpc) is 2.63. The molecule has 1 unspecified atom stereocenters. The summed E-state index contributed by atoms with van der Waals surface area (Å²) in [6.45, 7) is 2.95. The molecule has 0 aromatic rings. The number of nitrogens with one attached hydrogen (secondary N) is 1. The number of esters is 1. The van der Waals surface area contributed by atoms with E-state index in [0.29, 0.717) is 0 Å². The first-order valence-corrected chi connectivity index (χ1v) is 6.72. The van der Waals surface area contributed by atoms with Crippen molar-refractivity contribution in [2.75, 3.05) is 13.7 Å². The lowest BCUT2D eigenvalue weighted by Crippen LogP contribution is -2.31. The number of ether oxygens (including phenoxy) is 1. The number of hydrogen-bond acceptors (Lipinski definition) is 4. The van der Waals surface area contributed by atoms with E-state index in [9.17, 15) is 9.59 Å². The largest absolute Gasteiger partial charge is 0.468 e. The second-order valence-electron chi connectivity index (χ2n) is 4.43. The van der Waals surface area contributed by atoms with Crippen LogP contribution in [-0.2, 0) is 14.3 Å². The Morgan fingerprint density at radius 2 is 2.17 bits per heavy atom. The maximum absolute atomic E-state index is 10.7. The lowest BCUT2D eigenvalue weighted by Gasteiger charge is -2.06. The average molecular weight is 258 g/mol. The van der Waals surface area contributed by atoms with Gasteiger partial charge in [0, 0.05) is 13.0 Å². The van der Waals surface area contributed by atoms with E-state index < -0.39 is 6.04 Å². The van der Waals surface area contributed by atoms with E-state index in [2.05, 4.69) is 17.0 Å². The van der Waals surface area contributed by atoms with Crippen molar-refractivity contribution >= 4 is 11.9 Å². The Bertz CT molecular complexity index is 234. The number of rotatable bonds is 4. The molecule has 1 saturated heterocycles. The van der Waals surface area contributed by atoms with Gasteiger partial charge in [0.1, 0.15) is 6.04 Å². The smallest absolute Gasteiger partial charge is 0.322 e. The molecule has 106 valence electrons. The van der Waals surface area contributed by atoms with Crippen LogP contribution in [0, 0.1) is 0 Å². The summed E-state index contributed by atoms with van der Waals surface area (Å²) in [6.07, 6.45) is 6.94. The molecule has 1 heterocycles. The molecule has 0 aliphatic carbocycles. The minimum Gasteiger partial charge on any atom is -0.468 e. The van der Waals surface area contributed by atoms with Crippen LogP contribution in [0.1, 0.15) is 51.9 Å². The monoisotopic (exact) mass is 258 g/mol. The highest BCUT2D eigenvalue weighted by Gasteiger charge is 2.11. The fourth-order valence-corrected chi connectivity index (χ4v) is 1.60. The van der Waals surface area contributed by atoms with Crippen LogP contribution in [-0.4, -0.2) is 31.6 Å². The van der Waals surface area contributed by atoms with Crippen molar-refractivity contribution in [1.29, 1.82) is 0 Å². The van der Waals surface area contributed by atoms with Crippen LogP contribution in [0.2, 0.25) is 0 Å². The summed E-state index contributed by atoms with van der Waals surface area (Å²) in [5.74, 6) is -0.0871. The van der Waals surface area contributed by atoms with Gasteiger partial charge < -0.3 is 15.8 Å². The third kappa shape index (κ3) is 8.98. The topological polar surface area (TPSA) is 81.4 Å². The van der Waals surface area contributed by atoms with Gasteiger partial charge in [-0.05, 0) is 19.3 Å². The minimum absolute atomic E-state index is 0.225. The minimum atomic E-state index is -0.426. The fourth-order valence-electron chi connectivity index (χ4n) is 1.60. The maximum atomic E-state index is 10.7. The summed E-state index contributed by atoms with van der Waals surface area (Å²) in [5, 5.41) is 2.81. The van der Waals surface area contributed by atoms with Crippen molar-refractivity contribution in [2.24, 2.45) is 5.73 Å². The number of nitrogens with two attached hydrogens (primary N) is 1. The Morgan fingerprint density at radius 3 is 2.78 bits per heavy atom. The van der Waals surface area contributed by atoms with Gasteiger partial charge in [0.15, 0.2) is 0 Å². The molecular formula is C13H26N2O3. The quantitative estimate of drug-likeness (QED) is 0.746. The van der Waals surface area contributed by atoms with Crippen molar-refractivity contribution in [3.8, 4) is 0 Å². The van der Waals surface area contributed by atoms with Gasteiger partial charge in [-0.1, -0.05) is 26.2 Å². The van der Waals surface area contributed by atoms with Gasteiger partial charge in [0.25, 0.3) is 0 Å². The van der Waals surface area contributed by atoms with E-state index in [1.807, 2.05) is 0 Å². The van der Waals surface area contributed by atoms with E-state index >= 15 is 0 Å². The van der Waals surface area contributed by atoms with Gasteiger partial charge in [-0.25, -0.2) is 0 Å². The summed E-state index contributed by atoms with van der Waals surface area (Å²) in [5.41, 5.74) is 5.44. The van der Waals surface area contributed by atoms with E-state index in [1.54, 1.807) is 0 Å². The summed E-state index contributed by atoms with van der Waals surface area (Å²) in [6, 6.07) is -0.426. The number of hydrogen-bond donors (Lipinski definition) is 2. The Kier molecular flexibility index (Phi) is 10.3. The van der Waals surface area contributed by atoms with Gasteiger partial charge in [0.2, 0.25) is 5.91 Å². The van der Waals surface area contributed by atoms with Crippen molar-refractivity contribution < 1.29 is 14.3 Å². The molecule has 0 saturated carbocycles. The van der Waals surface area contributed by atoms with E-state index in [-0.39, 0.29) is 11.9 Å². The molecule has 0 aromatic carbocycles. The van der Waals surface area contributed by atoms with Crippen molar-refractivity contribution in [2.45, 2.75) is 57.9 Å². The van der Waals surface area contributed by atoms with Crippen LogP contribution >= 0.6 is 0 Å². The molecule has 0 radical (unpaired) electrons. The van der Waals surface area contributed by atoms with Crippen LogP contribution < -0.4 is 11.1 Å².